The summed E-state index contributed by atoms with van der Waals surface area (Å²) in [6, 6.07) is 10.2. The number of aryl methyl sites for hydroxylation is 3. The summed E-state index contributed by atoms with van der Waals surface area (Å²) >= 11 is 0. The van der Waals surface area contributed by atoms with Crippen molar-refractivity contribution in [3.8, 4) is 0 Å². The Hall–Kier alpha value is -2.83. The molecule has 1 aromatic carbocycles. The van der Waals surface area contributed by atoms with Gasteiger partial charge in [-0.15, -0.1) is 0 Å². The Morgan fingerprint density at radius 3 is 2.82 bits per heavy atom. The van der Waals surface area contributed by atoms with Crippen molar-refractivity contribution in [1.82, 2.24) is 20.4 Å². The summed E-state index contributed by atoms with van der Waals surface area (Å²) in [7, 11) is 0. The normalized spacial score (nSPS) is 13.5. The highest BCUT2D eigenvalue weighted by molar-refractivity contribution is 5.98. The number of rotatable bonds is 7. The molecule has 0 spiro atoms. The van der Waals surface area contributed by atoms with Crippen molar-refractivity contribution in [2.24, 2.45) is 4.99 Å². The first kappa shape index (κ1) is 19.9. The Balaban J connectivity index is 1.50. The van der Waals surface area contributed by atoms with Gasteiger partial charge in [0.25, 0.3) is 0 Å². The zero-order valence-corrected chi connectivity index (χ0v) is 17.0. The molecule has 28 heavy (non-hydrogen) atoms. The molecule has 0 saturated carbocycles. The van der Waals surface area contributed by atoms with Crippen LogP contribution in [-0.2, 0) is 17.8 Å². The van der Waals surface area contributed by atoms with E-state index in [0.29, 0.717) is 5.96 Å². The molecule has 3 rings (SSSR count). The van der Waals surface area contributed by atoms with Crippen molar-refractivity contribution in [2.75, 3.05) is 31.1 Å². The van der Waals surface area contributed by atoms with E-state index < -0.39 is 0 Å². The Morgan fingerprint density at radius 1 is 1.25 bits per heavy atom. The summed E-state index contributed by atoms with van der Waals surface area (Å²) in [5.74, 6) is 0.710. The number of nitrogens with zero attached hydrogens (tertiary/aromatic N) is 4. The minimum atomic E-state index is 0.0322. The van der Waals surface area contributed by atoms with Gasteiger partial charge in [-0.2, -0.15) is 5.10 Å². The third-order valence-corrected chi connectivity index (χ3v) is 4.85. The summed E-state index contributed by atoms with van der Waals surface area (Å²) in [5.41, 5.74) is 4.47. The Labute approximate surface area is 166 Å². The van der Waals surface area contributed by atoms with Gasteiger partial charge in [-0.3, -0.25) is 9.48 Å². The lowest BCUT2D eigenvalue weighted by atomic mass is 10.2. The molecule has 0 bridgehead atoms. The number of nitrogens with one attached hydrogen (secondary N) is 2. The molecule has 0 unspecified atom stereocenters. The van der Waals surface area contributed by atoms with Crippen LogP contribution in [0.15, 0.2) is 35.3 Å². The molecule has 0 atom stereocenters. The summed E-state index contributed by atoms with van der Waals surface area (Å²) in [6.07, 6.45) is 1.84. The minimum Gasteiger partial charge on any atom is -0.357 e. The van der Waals surface area contributed by atoms with Gasteiger partial charge in [0.05, 0.1) is 5.69 Å². The van der Waals surface area contributed by atoms with Gasteiger partial charge in [0.2, 0.25) is 5.91 Å². The van der Waals surface area contributed by atoms with Crippen molar-refractivity contribution in [1.29, 1.82) is 0 Å². The smallest absolute Gasteiger partial charge is 0.248 e. The maximum absolute atomic E-state index is 12.6. The van der Waals surface area contributed by atoms with Crippen LogP contribution < -0.4 is 15.5 Å². The number of amides is 1. The molecule has 0 aliphatic carbocycles. The Kier molecular flexibility index (Phi) is 6.68. The molecule has 7 heteroatoms. The van der Waals surface area contributed by atoms with E-state index in [9.17, 15) is 4.79 Å². The van der Waals surface area contributed by atoms with Crippen LogP contribution in [0.4, 0.5) is 5.69 Å². The molecule has 2 aromatic rings. The van der Waals surface area contributed by atoms with Gasteiger partial charge in [-0.05, 0) is 51.3 Å². The quantitative estimate of drug-likeness (QED) is 0.437. The highest BCUT2D eigenvalue weighted by atomic mass is 16.2. The van der Waals surface area contributed by atoms with Crippen LogP contribution in [-0.4, -0.2) is 47.8 Å². The summed E-state index contributed by atoms with van der Waals surface area (Å²) in [6.45, 7) is 9.35. The van der Waals surface area contributed by atoms with Gasteiger partial charge in [0.15, 0.2) is 5.96 Å². The molecule has 0 saturated heterocycles. The zero-order valence-electron chi connectivity index (χ0n) is 17.0. The highest BCUT2D eigenvalue weighted by Gasteiger charge is 2.23. The van der Waals surface area contributed by atoms with Crippen LogP contribution in [0.3, 0.4) is 0 Å². The zero-order chi connectivity index (χ0) is 19.9. The topological polar surface area (TPSA) is 74.6 Å². The van der Waals surface area contributed by atoms with E-state index in [1.54, 1.807) is 0 Å². The SMILES string of the molecule is CCNC(=NCC(=O)N1CCc2ccccc21)NCCCn1nc(C)cc1C. The molecule has 0 radical (unpaired) electrons. The standard InChI is InChI=1S/C21H30N6O/c1-4-22-21(23-11-7-12-27-17(3)14-16(2)25-27)24-15-20(28)26-13-10-18-8-5-6-9-19(18)26/h5-6,8-9,14H,4,7,10-13,15H2,1-3H3,(H2,22,23,24). The predicted octanol–water partition coefficient (Wildman–Crippen LogP) is 2.03. The number of aromatic nitrogens is 2. The molecule has 2 N–H and O–H groups in total. The summed E-state index contributed by atoms with van der Waals surface area (Å²) in [4.78, 5) is 18.9. The Bertz CT molecular complexity index is 841. The number of benzene rings is 1. The first-order valence-electron chi connectivity index (χ1n) is 10.00. The lowest BCUT2D eigenvalue weighted by Crippen LogP contribution is -2.39. The fourth-order valence-electron chi connectivity index (χ4n) is 3.51. The summed E-state index contributed by atoms with van der Waals surface area (Å²) < 4.78 is 2.02. The number of hydrogen-bond acceptors (Lipinski definition) is 3. The van der Waals surface area contributed by atoms with Crippen LogP contribution in [0.25, 0.3) is 0 Å². The maximum atomic E-state index is 12.6. The van der Waals surface area contributed by atoms with Gasteiger partial charge >= 0.3 is 0 Å². The van der Waals surface area contributed by atoms with Crippen LogP contribution in [0.1, 0.15) is 30.3 Å². The van der Waals surface area contributed by atoms with E-state index in [2.05, 4.69) is 39.8 Å². The van der Waals surface area contributed by atoms with Crippen molar-refractivity contribution < 1.29 is 4.79 Å². The van der Waals surface area contributed by atoms with Gasteiger partial charge in [-0.25, -0.2) is 4.99 Å². The maximum Gasteiger partial charge on any atom is 0.248 e. The Morgan fingerprint density at radius 2 is 2.07 bits per heavy atom. The number of guanidine groups is 1. The van der Waals surface area contributed by atoms with E-state index in [4.69, 9.17) is 0 Å². The first-order valence-corrected chi connectivity index (χ1v) is 10.00. The first-order chi connectivity index (χ1) is 13.6. The van der Waals surface area contributed by atoms with E-state index in [1.165, 1.54) is 11.3 Å². The molecule has 2 heterocycles. The van der Waals surface area contributed by atoms with E-state index >= 15 is 0 Å². The molecule has 7 nitrogen and oxygen atoms in total. The second-order valence-electron chi connectivity index (χ2n) is 7.05. The van der Waals surface area contributed by atoms with Crippen LogP contribution in [0.2, 0.25) is 0 Å². The number of fused-ring (bicyclic) bond motifs is 1. The molecule has 1 aliphatic rings. The van der Waals surface area contributed by atoms with Crippen molar-refractivity contribution in [3.05, 3.63) is 47.3 Å². The molecular formula is C21H30N6O. The molecule has 1 amide bonds. The van der Waals surface area contributed by atoms with Gasteiger partial charge < -0.3 is 15.5 Å². The number of anilines is 1. The van der Waals surface area contributed by atoms with Crippen molar-refractivity contribution in [3.63, 3.8) is 0 Å². The van der Waals surface area contributed by atoms with E-state index in [1.807, 2.05) is 41.6 Å². The van der Waals surface area contributed by atoms with Gasteiger partial charge in [0, 0.05) is 37.6 Å². The number of carbonyl (C=O) groups is 1. The fourth-order valence-corrected chi connectivity index (χ4v) is 3.51. The largest absolute Gasteiger partial charge is 0.357 e. The van der Waals surface area contributed by atoms with Crippen LogP contribution >= 0.6 is 0 Å². The van der Waals surface area contributed by atoms with E-state index in [0.717, 1.165) is 50.4 Å². The molecule has 150 valence electrons. The number of aliphatic imine (C=N–C) groups is 1. The number of hydrogen-bond donors (Lipinski definition) is 2. The van der Waals surface area contributed by atoms with Gasteiger partial charge in [-0.1, -0.05) is 18.2 Å². The predicted molar refractivity (Wildman–Crippen MR) is 113 cm³/mol. The average Bonchev–Trinajstić information content (AvgIpc) is 3.25. The van der Waals surface area contributed by atoms with Gasteiger partial charge in [0.1, 0.15) is 6.54 Å². The lowest BCUT2D eigenvalue weighted by molar-refractivity contribution is -0.117. The second-order valence-corrected chi connectivity index (χ2v) is 7.05. The van der Waals surface area contributed by atoms with Crippen molar-refractivity contribution in [2.45, 2.75) is 40.2 Å². The third-order valence-electron chi connectivity index (χ3n) is 4.85. The fraction of sp³-hybridized carbons (Fsp3) is 0.476. The van der Waals surface area contributed by atoms with Crippen LogP contribution in [0.5, 0.6) is 0 Å². The molecule has 1 aliphatic heterocycles. The van der Waals surface area contributed by atoms with E-state index in [-0.39, 0.29) is 12.5 Å². The second kappa shape index (κ2) is 9.39. The molecule has 0 fully saturated rings. The monoisotopic (exact) mass is 382 g/mol. The summed E-state index contributed by atoms with van der Waals surface area (Å²) in [5, 5.41) is 11.0. The number of carbonyl (C=O) groups excluding carboxylic acids is 1. The molecule has 1 aromatic heterocycles. The minimum absolute atomic E-state index is 0.0322. The number of para-hydroxylation sites is 1. The molecular weight excluding hydrogens is 352 g/mol. The third kappa shape index (κ3) is 4.91. The highest BCUT2D eigenvalue weighted by Crippen LogP contribution is 2.27. The average molecular weight is 383 g/mol. The van der Waals surface area contributed by atoms with Crippen molar-refractivity contribution >= 4 is 17.6 Å². The van der Waals surface area contributed by atoms with Crippen LogP contribution in [0, 0.1) is 13.8 Å². The lowest BCUT2D eigenvalue weighted by Gasteiger charge is -2.17.